The number of ether oxygens (including phenoxy) is 1. The summed E-state index contributed by atoms with van der Waals surface area (Å²) in [5, 5.41) is 0. The molecule has 1 fully saturated rings. The molecule has 0 N–H and O–H groups in total. The van der Waals surface area contributed by atoms with Crippen LogP contribution in [0.2, 0.25) is 0 Å². The molecule has 1 aliphatic rings. The molecule has 7 heteroatoms. The summed E-state index contributed by atoms with van der Waals surface area (Å²) in [4.78, 5) is 23.1. The van der Waals surface area contributed by atoms with Crippen LogP contribution in [0.4, 0.5) is 0 Å². The third kappa shape index (κ3) is 4.16. The van der Waals surface area contributed by atoms with Gasteiger partial charge in [0.2, 0.25) is 5.91 Å². The number of hydrogen-bond acceptors (Lipinski definition) is 6. The maximum absolute atomic E-state index is 12.6. The van der Waals surface area contributed by atoms with Crippen LogP contribution in [0.1, 0.15) is 12.8 Å². The average Bonchev–Trinajstić information content (AvgIpc) is 3.10. The first-order valence-corrected chi connectivity index (χ1v) is 10.4. The van der Waals surface area contributed by atoms with Crippen molar-refractivity contribution in [3.63, 3.8) is 0 Å². The minimum absolute atomic E-state index is 0.0440. The summed E-state index contributed by atoms with van der Waals surface area (Å²) < 4.78 is 8.09. The van der Waals surface area contributed by atoms with Crippen LogP contribution in [0.5, 0.6) is 5.75 Å². The number of fused-ring (bicyclic) bond motifs is 1. The van der Waals surface area contributed by atoms with Gasteiger partial charge in [-0.1, -0.05) is 23.9 Å². The van der Waals surface area contributed by atoms with Crippen molar-refractivity contribution in [3.8, 4) is 5.75 Å². The largest absolute Gasteiger partial charge is 0.488 e. The van der Waals surface area contributed by atoms with Crippen molar-refractivity contribution >= 4 is 39.2 Å². The predicted octanol–water partition coefficient (Wildman–Crippen LogP) is 3.85. The number of pyridine rings is 1. The summed E-state index contributed by atoms with van der Waals surface area (Å²) in [5.74, 6) is 1.38. The second kappa shape index (κ2) is 8.05. The van der Waals surface area contributed by atoms with Crippen molar-refractivity contribution in [1.82, 2.24) is 14.9 Å². The first kappa shape index (κ1) is 17.3. The first-order chi connectivity index (χ1) is 12.8. The van der Waals surface area contributed by atoms with Gasteiger partial charge in [-0.2, -0.15) is 0 Å². The zero-order valence-electron chi connectivity index (χ0n) is 14.2. The smallest absolute Gasteiger partial charge is 0.233 e. The lowest BCUT2D eigenvalue weighted by molar-refractivity contribution is -0.130. The van der Waals surface area contributed by atoms with Gasteiger partial charge in [0, 0.05) is 18.9 Å². The van der Waals surface area contributed by atoms with Crippen LogP contribution in [-0.4, -0.2) is 45.7 Å². The SMILES string of the molecule is O=C(CSc1nc2ccccc2s1)N1CCC[C@@H](Oc2ccncc2)C1. The van der Waals surface area contributed by atoms with Crippen molar-refractivity contribution in [2.45, 2.75) is 23.3 Å². The van der Waals surface area contributed by atoms with Crippen molar-refractivity contribution in [1.29, 1.82) is 0 Å². The maximum Gasteiger partial charge on any atom is 0.233 e. The second-order valence-corrected chi connectivity index (χ2v) is 8.39. The van der Waals surface area contributed by atoms with E-state index in [1.807, 2.05) is 35.2 Å². The van der Waals surface area contributed by atoms with Crippen molar-refractivity contribution in [2.24, 2.45) is 0 Å². The topological polar surface area (TPSA) is 55.3 Å². The molecule has 134 valence electrons. The normalized spacial score (nSPS) is 17.4. The number of hydrogen-bond donors (Lipinski definition) is 0. The predicted molar refractivity (Wildman–Crippen MR) is 105 cm³/mol. The number of nitrogens with zero attached hydrogens (tertiary/aromatic N) is 3. The molecule has 4 rings (SSSR count). The van der Waals surface area contributed by atoms with Crippen molar-refractivity contribution in [3.05, 3.63) is 48.8 Å². The molecule has 0 spiro atoms. The van der Waals surface area contributed by atoms with Crippen LogP contribution < -0.4 is 4.74 Å². The van der Waals surface area contributed by atoms with Gasteiger partial charge in [0.1, 0.15) is 11.9 Å². The highest BCUT2D eigenvalue weighted by atomic mass is 32.2. The molecular weight excluding hydrogens is 366 g/mol. The van der Waals surface area contributed by atoms with Crippen molar-refractivity contribution < 1.29 is 9.53 Å². The first-order valence-electron chi connectivity index (χ1n) is 8.61. The standard InChI is InChI=1S/C19H19N3O2S2/c23-18(13-25-19-21-16-5-1-2-6-17(16)26-19)22-11-3-4-15(12-22)24-14-7-9-20-10-8-14/h1-2,5-10,15H,3-4,11-13H2/t15-/m1/s1. The number of thioether (sulfide) groups is 1. The molecule has 0 saturated carbocycles. The summed E-state index contributed by atoms with van der Waals surface area (Å²) in [6, 6.07) is 11.8. The second-order valence-electron chi connectivity index (χ2n) is 6.14. The van der Waals surface area contributed by atoms with Gasteiger partial charge in [0.25, 0.3) is 0 Å². The lowest BCUT2D eigenvalue weighted by Gasteiger charge is -2.32. The molecule has 1 aliphatic heterocycles. The van der Waals surface area contributed by atoms with E-state index in [-0.39, 0.29) is 12.0 Å². The van der Waals surface area contributed by atoms with Gasteiger partial charge < -0.3 is 9.64 Å². The number of carbonyl (C=O) groups is 1. The van der Waals surface area contributed by atoms with Gasteiger partial charge in [-0.3, -0.25) is 9.78 Å². The maximum atomic E-state index is 12.6. The number of benzene rings is 1. The lowest BCUT2D eigenvalue weighted by Crippen LogP contribution is -2.45. The van der Waals surface area contributed by atoms with Crippen LogP contribution in [0.3, 0.4) is 0 Å². The van der Waals surface area contributed by atoms with E-state index in [0.29, 0.717) is 12.3 Å². The molecule has 1 atom stereocenters. The zero-order valence-corrected chi connectivity index (χ0v) is 15.8. The van der Waals surface area contributed by atoms with Gasteiger partial charge >= 0.3 is 0 Å². The molecule has 1 aromatic carbocycles. The van der Waals surface area contributed by atoms with E-state index in [2.05, 4.69) is 16.0 Å². The molecule has 1 amide bonds. The van der Waals surface area contributed by atoms with E-state index < -0.39 is 0 Å². The monoisotopic (exact) mass is 385 g/mol. The quantitative estimate of drug-likeness (QED) is 0.625. The summed E-state index contributed by atoms with van der Waals surface area (Å²) in [6.45, 7) is 1.44. The molecule has 1 saturated heterocycles. The highest BCUT2D eigenvalue weighted by Crippen LogP contribution is 2.29. The van der Waals surface area contributed by atoms with Gasteiger partial charge in [-0.05, 0) is 37.1 Å². The van der Waals surface area contributed by atoms with E-state index in [9.17, 15) is 4.79 Å². The third-order valence-corrected chi connectivity index (χ3v) is 6.44. The Balaban J connectivity index is 1.32. The number of rotatable bonds is 5. The van der Waals surface area contributed by atoms with Crippen LogP contribution in [-0.2, 0) is 4.79 Å². The highest BCUT2D eigenvalue weighted by molar-refractivity contribution is 8.01. The van der Waals surface area contributed by atoms with Crippen molar-refractivity contribution in [2.75, 3.05) is 18.8 Å². The molecule has 0 unspecified atom stereocenters. The number of amides is 1. The molecule has 3 heterocycles. The minimum atomic E-state index is 0.0440. The van der Waals surface area contributed by atoms with E-state index in [1.54, 1.807) is 23.7 Å². The van der Waals surface area contributed by atoms with E-state index in [4.69, 9.17) is 4.74 Å². The van der Waals surface area contributed by atoms with Crippen LogP contribution in [0, 0.1) is 0 Å². The molecule has 3 aromatic rings. The Morgan fingerprint density at radius 3 is 2.96 bits per heavy atom. The lowest BCUT2D eigenvalue weighted by atomic mass is 10.1. The minimum Gasteiger partial charge on any atom is -0.488 e. The van der Waals surface area contributed by atoms with Crippen LogP contribution in [0.25, 0.3) is 10.2 Å². The summed E-state index contributed by atoms with van der Waals surface area (Å²) in [5.41, 5.74) is 0.997. The van der Waals surface area contributed by atoms with Crippen LogP contribution in [0.15, 0.2) is 53.1 Å². The summed E-state index contributed by atoms with van der Waals surface area (Å²) >= 11 is 3.16. The fraction of sp³-hybridized carbons (Fsp3) is 0.316. The van der Waals surface area contributed by atoms with E-state index >= 15 is 0 Å². The fourth-order valence-electron chi connectivity index (χ4n) is 3.00. The molecule has 26 heavy (non-hydrogen) atoms. The number of carbonyl (C=O) groups excluding carboxylic acids is 1. The van der Waals surface area contributed by atoms with E-state index in [0.717, 1.165) is 39.7 Å². The van der Waals surface area contributed by atoms with Crippen LogP contribution >= 0.6 is 23.1 Å². The fourth-order valence-corrected chi connectivity index (χ4v) is 4.97. The Morgan fingerprint density at radius 1 is 1.27 bits per heavy atom. The van der Waals surface area contributed by atoms with E-state index in [1.165, 1.54) is 11.8 Å². The number of likely N-dealkylation sites (tertiary alicyclic amines) is 1. The molecule has 0 radical (unpaired) electrons. The number of thiazole rings is 1. The highest BCUT2D eigenvalue weighted by Gasteiger charge is 2.25. The van der Waals surface area contributed by atoms with Gasteiger partial charge in [0.05, 0.1) is 22.5 Å². The number of para-hydroxylation sites is 1. The summed E-state index contributed by atoms with van der Waals surface area (Å²) in [7, 11) is 0. The Kier molecular flexibility index (Phi) is 5.36. The molecule has 0 bridgehead atoms. The Morgan fingerprint density at radius 2 is 2.12 bits per heavy atom. The van der Waals surface area contributed by atoms with Gasteiger partial charge in [-0.25, -0.2) is 4.98 Å². The molecule has 0 aliphatic carbocycles. The Bertz CT molecular complexity index is 852. The van der Waals surface area contributed by atoms with Gasteiger partial charge in [0.15, 0.2) is 4.34 Å². The molecule has 5 nitrogen and oxygen atoms in total. The third-order valence-electron chi connectivity index (χ3n) is 4.28. The summed E-state index contributed by atoms with van der Waals surface area (Å²) in [6.07, 6.45) is 5.41. The number of aromatic nitrogens is 2. The Hall–Kier alpha value is -2.12. The molecular formula is C19H19N3O2S2. The zero-order chi connectivity index (χ0) is 17.8. The molecule has 2 aromatic heterocycles. The average molecular weight is 386 g/mol. The number of piperidine rings is 1. The van der Waals surface area contributed by atoms with Gasteiger partial charge in [-0.15, -0.1) is 11.3 Å². The Labute approximate surface area is 160 Å².